The number of nitrogens with zero attached hydrogens (tertiary/aromatic N) is 4. The molecule has 0 unspecified atom stereocenters. The Kier molecular flexibility index (Phi) is 11.3. The molecule has 0 atom stereocenters. The maximum atomic E-state index is 11.7. The number of carbonyl (C=O) groups excluding carboxylic acids is 1. The van der Waals surface area contributed by atoms with Crippen LogP contribution in [0.5, 0.6) is 0 Å². The van der Waals surface area contributed by atoms with E-state index in [1.807, 2.05) is 14.1 Å². The van der Waals surface area contributed by atoms with Gasteiger partial charge in [0.05, 0.1) is 18.1 Å². The van der Waals surface area contributed by atoms with Crippen LogP contribution in [-0.4, -0.2) is 67.4 Å². The predicted octanol–water partition coefficient (Wildman–Crippen LogP) is 0.397. The number of methoxy groups -OCH3 is 1. The van der Waals surface area contributed by atoms with Crippen molar-refractivity contribution in [2.75, 3.05) is 41.9 Å². The van der Waals surface area contributed by atoms with Crippen molar-refractivity contribution in [3.63, 3.8) is 0 Å². The highest BCUT2D eigenvalue weighted by Crippen LogP contribution is 2.17. The smallest absolute Gasteiger partial charge is 0.320 e. The Hall–Kier alpha value is -1.71. The van der Waals surface area contributed by atoms with E-state index < -0.39 is 10.8 Å². The Balaban J connectivity index is 0. The molecule has 21 heavy (non-hydrogen) atoms. The van der Waals surface area contributed by atoms with E-state index >= 15 is 0 Å². The molecule has 0 aliphatic carbocycles. The van der Waals surface area contributed by atoms with E-state index in [1.54, 1.807) is 0 Å². The Morgan fingerprint density at radius 3 is 2.43 bits per heavy atom. The first-order valence-electron chi connectivity index (χ1n) is 5.89. The van der Waals surface area contributed by atoms with Gasteiger partial charge in [0.15, 0.2) is 0 Å². The minimum Gasteiger partial charge on any atom is -0.383 e. The monoisotopic (exact) mass is 323 g/mol. The highest BCUT2D eigenvalue weighted by Gasteiger charge is 2.26. The molecule has 1 aromatic rings. The van der Waals surface area contributed by atoms with Crippen LogP contribution in [0.3, 0.4) is 0 Å². The zero-order valence-electron chi connectivity index (χ0n) is 12.8. The average molecular weight is 324 g/mol. The van der Waals surface area contributed by atoms with Crippen molar-refractivity contribution in [1.82, 2.24) is 20.0 Å². The number of amides is 1. The summed E-state index contributed by atoms with van der Waals surface area (Å²) in [6, 6.07) is 0. The Bertz CT molecular complexity index is 450. The summed E-state index contributed by atoms with van der Waals surface area (Å²) in [7, 11) is 8.30. The number of aromatic nitrogens is 2. The second kappa shape index (κ2) is 11.0. The summed E-state index contributed by atoms with van der Waals surface area (Å²) in [4.78, 5) is 23.1. The second-order valence-corrected chi connectivity index (χ2v) is 4.08. The second-order valence-electron chi connectivity index (χ2n) is 4.08. The molecule has 1 amide bonds. The predicted molar refractivity (Wildman–Crippen MR) is 81.0 cm³/mol. The number of rotatable bonds is 5. The van der Waals surface area contributed by atoms with E-state index in [-0.39, 0.29) is 23.8 Å². The van der Waals surface area contributed by atoms with Gasteiger partial charge >= 0.3 is 5.69 Å². The summed E-state index contributed by atoms with van der Waals surface area (Å²) in [6.45, 7) is 0.729. The molecular weight excluding hydrogens is 302 g/mol. The Labute approximate surface area is 129 Å². The van der Waals surface area contributed by atoms with Gasteiger partial charge in [0.2, 0.25) is 5.69 Å². The van der Waals surface area contributed by atoms with Crippen molar-refractivity contribution in [2.24, 2.45) is 0 Å². The van der Waals surface area contributed by atoms with Gasteiger partial charge in [-0.15, -0.1) is 12.4 Å². The van der Waals surface area contributed by atoms with Crippen LogP contribution in [0.25, 0.3) is 0 Å². The third-order valence-electron chi connectivity index (χ3n) is 2.07. The van der Waals surface area contributed by atoms with E-state index in [9.17, 15) is 14.9 Å². The third kappa shape index (κ3) is 7.02. The summed E-state index contributed by atoms with van der Waals surface area (Å²) >= 11 is 0. The van der Waals surface area contributed by atoms with Gasteiger partial charge in [0, 0.05) is 21.2 Å². The molecule has 9 nitrogen and oxygen atoms in total. The van der Waals surface area contributed by atoms with Gasteiger partial charge in [0.25, 0.3) is 5.91 Å². The van der Waals surface area contributed by atoms with Crippen molar-refractivity contribution in [2.45, 2.75) is 6.54 Å². The fourth-order valence-corrected chi connectivity index (χ4v) is 1.21. The molecule has 0 aliphatic heterocycles. The van der Waals surface area contributed by atoms with Crippen LogP contribution >= 0.6 is 12.4 Å². The molecule has 1 heterocycles. The molecule has 0 bridgehead atoms. The molecule has 1 rings (SSSR count). The van der Waals surface area contributed by atoms with E-state index in [0.717, 1.165) is 0 Å². The molecule has 0 spiro atoms. The fourth-order valence-electron chi connectivity index (χ4n) is 1.21. The van der Waals surface area contributed by atoms with Gasteiger partial charge in [-0.05, 0) is 14.1 Å². The molecule has 10 heteroatoms. The van der Waals surface area contributed by atoms with Crippen molar-refractivity contribution in [1.29, 1.82) is 0 Å². The minimum absolute atomic E-state index is 0. The van der Waals surface area contributed by atoms with Crippen LogP contribution in [0.2, 0.25) is 0 Å². The van der Waals surface area contributed by atoms with Crippen molar-refractivity contribution in [3.8, 4) is 0 Å². The lowest BCUT2D eigenvalue weighted by atomic mass is 10.3. The van der Waals surface area contributed by atoms with E-state index in [2.05, 4.69) is 10.4 Å². The standard InChI is InChI=1S/C9H14N4O4.C2H7N.ClH/c1-11(2)9(14)8-7(13(15)16)6-12(10-8)4-5-17-3;1-3-2;/h6H,4-5H2,1-3H3;3H,1-2H3;1H. The van der Waals surface area contributed by atoms with Crippen molar-refractivity contribution in [3.05, 3.63) is 22.0 Å². The van der Waals surface area contributed by atoms with Crippen LogP contribution in [0, 0.1) is 10.1 Å². The van der Waals surface area contributed by atoms with Crippen molar-refractivity contribution >= 4 is 24.0 Å². The van der Waals surface area contributed by atoms with Gasteiger partial charge in [-0.3, -0.25) is 19.6 Å². The quantitative estimate of drug-likeness (QED) is 0.621. The molecule has 0 saturated carbocycles. The number of nitro groups is 1. The molecule has 1 N–H and O–H groups in total. The van der Waals surface area contributed by atoms with Crippen LogP contribution in [0.1, 0.15) is 10.5 Å². The lowest BCUT2D eigenvalue weighted by Crippen LogP contribution is -2.23. The van der Waals surface area contributed by atoms with Crippen LogP contribution < -0.4 is 5.32 Å². The molecule has 0 aliphatic rings. The highest BCUT2D eigenvalue weighted by atomic mass is 35.5. The average Bonchev–Trinajstić information content (AvgIpc) is 2.80. The maximum absolute atomic E-state index is 11.7. The lowest BCUT2D eigenvalue weighted by molar-refractivity contribution is -0.385. The largest absolute Gasteiger partial charge is 0.383 e. The van der Waals surface area contributed by atoms with Crippen LogP contribution in [-0.2, 0) is 11.3 Å². The first kappa shape index (κ1) is 21.6. The van der Waals surface area contributed by atoms with Gasteiger partial charge in [0.1, 0.15) is 6.20 Å². The van der Waals surface area contributed by atoms with Gasteiger partial charge < -0.3 is 15.0 Å². The summed E-state index contributed by atoms with van der Waals surface area (Å²) in [6.07, 6.45) is 1.23. The zero-order valence-corrected chi connectivity index (χ0v) is 13.6. The summed E-state index contributed by atoms with van der Waals surface area (Å²) in [5, 5.41) is 17.4. The first-order valence-corrected chi connectivity index (χ1v) is 5.89. The Morgan fingerprint density at radius 1 is 1.52 bits per heavy atom. The van der Waals surface area contributed by atoms with Gasteiger partial charge in [-0.1, -0.05) is 0 Å². The number of halogens is 1. The number of hydrogen-bond donors (Lipinski definition) is 1. The molecule has 1 aromatic heterocycles. The summed E-state index contributed by atoms with van der Waals surface area (Å²) in [5.74, 6) is -0.493. The van der Waals surface area contributed by atoms with E-state index in [0.29, 0.717) is 13.2 Å². The highest BCUT2D eigenvalue weighted by molar-refractivity contribution is 5.95. The van der Waals surface area contributed by atoms with E-state index in [4.69, 9.17) is 4.74 Å². The first-order chi connectivity index (χ1) is 9.38. The molecular formula is C11H22ClN5O4. The molecule has 0 fully saturated rings. The number of nitrogens with one attached hydrogen (secondary N) is 1. The third-order valence-corrected chi connectivity index (χ3v) is 2.07. The number of hydrogen-bond acceptors (Lipinski definition) is 6. The number of ether oxygens (including phenoxy) is 1. The number of carbonyl (C=O) groups is 1. The maximum Gasteiger partial charge on any atom is 0.320 e. The van der Waals surface area contributed by atoms with Gasteiger partial charge in [-0.25, -0.2) is 0 Å². The lowest BCUT2D eigenvalue weighted by Gasteiger charge is -2.06. The molecule has 122 valence electrons. The van der Waals surface area contributed by atoms with Gasteiger partial charge in [-0.2, -0.15) is 5.10 Å². The minimum atomic E-state index is -0.618. The molecule has 0 saturated heterocycles. The molecule has 0 aromatic carbocycles. The summed E-state index contributed by atoms with van der Waals surface area (Å²) in [5.41, 5.74) is -0.448. The fraction of sp³-hybridized carbons (Fsp3) is 0.636. The summed E-state index contributed by atoms with van der Waals surface area (Å²) < 4.78 is 6.17. The van der Waals surface area contributed by atoms with Crippen LogP contribution in [0.15, 0.2) is 6.20 Å². The SMILES string of the molecule is CNC.COCCn1cc([N+](=O)[O-])c(C(=O)N(C)C)n1.Cl. The normalized spacial score (nSPS) is 9.19. The molecule has 0 radical (unpaired) electrons. The van der Waals surface area contributed by atoms with E-state index in [1.165, 1.54) is 37.0 Å². The van der Waals surface area contributed by atoms with Crippen LogP contribution in [0.4, 0.5) is 5.69 Å². The zero-order chi connectivity index (χ0) is 15.7. The Morgan fingerprint density at radius 2 is 2.05 bits per heavy atom. The van der Waals surface area contributed by atoms with Crippen molar-refractivity contribution < 1.29 is 14.5 Å². The topological polar surface area (TPSA) is 103 Å².